The quantitative estimate of drug-likeness (QED) is 0.615. The maximum atomic E-state index is 10.00. The Bertz CT molecular complexity index is 304. The minimum atomic E-state index is -1.10. The molecule has 0 radical (unpaired) electrons. The molecule has 0 heterocycles. The lowest BCUT2D eigenvalue weighted by Crippen LogP contribution is -1.86. The van der Waals surface area contributed by atoms with Crippen LogP contribution in [0.3, 0.4) is 0 Å². The molecule has 1 aromatic rings. The van der Waals surface area contributed by atoms with Crippen molar-refractivity contribution in [2.24, 2.45) is 0 Å². The average molecular weight is 176 g/mol. The van der Waals surface area contributed by atoms with E-state index in [0.717, 1.165) is 5.56 Å². The lowest BCUT2D eigenvalue weighted by Gasteiger charge is -1.83. The molecule has 2 nitrogen and oxygen atoms in total. The zero-order valence-electron chi connectivity index (χ0n) is 7.74. The molecule has 0 aromatic heterocycles. The molecular weight excluding hydrogens is 164 g/mol. The lowest BCUT2D eigenvalue weighted by molar-refractivity contribution is -0.130. The summed E-state index contributed by atoms with van der Waals surface area (Å²) >= 11 is 0. The van der Waals surface area contributed by atoms with Crippen LogP contribution in [0.5, 0.6) is 0 Å². The first-order valence-electron chi connectivity index (χ1n) is 4.09. The molecule has 0 aliphatic heterocycles. The van der Waals surface area contributed by atoms with E-state index in [0.29, 0.717) is 0 Å². The molecule has 2 heteroatoms. The highest BCUT2D eigenvalue weighted by molar-refractivity contribution is 5.87. The number of hydrogen-bond donors (Lipinski definition) is 1. The van der Waals surface area contributed by atoms with Crippen molar-refractivity contribution in [2.75, 3.05) is 0 Å². The molecule has 0 fully saturated rings. The van der Waals surface area contributed by atoms with Gasteiger partial charge < -0.3 is 5.11 Å². The number of carboxylic acids is 1. The number of carboxylic acid groups (broad SMARTS) is 1. The Morgan fingerprint density at radius 2 is 1.77 bits per heavy atom. The monoisotopic (exact) mass is 176 g/mol. The highest BCUT2D eigenvalue weighted by atomic mass is 16.4. The molecule has 0 aliphatic rings. The van der Waals surface area contributed by atoms with Crippen LogP contribution in [-0.2, 0) is 4.79 Å². The van der Waals surface area contributed by atoms with Crippen LogP contribution < -0.4 is 0 Å². The Morgan fingerprint density at radius 1 is 1.23 bits per heavy atom. The van der Waals surface area contributed by atoms with Gasteiger partial charge in [-0.15, -0.1) is 0 Å². The summed E-state index contributed by atoms with van der Waals surface area (Å²) in [5.41, 5.74) is 0.718. The smallest absolute Gasteiger partial charge is 0.382 e. The molecule has 68 valence electrons. The summed E-state index contributed by atoms with van der Waals surface area (Å²) in [5.74, 6) is 3.42. The SMILES string of the molecule is CC.O=C(O)C#Cc1ccccc1. The van der Waals surface area contributed by atoms with E-state index in [1.165, 1.54) is 0 Å². The van der Waals surface area contributed by atoms with Crippen molar-refractivity contribution >= 4 is 5.97 Å². The predicted molar refractivity (Wildman–Crippen MR) is 52.3 cm³/mol. The van der Waals surface area contributed by atoms with Gasteiger partial charge in [-0.1, -0.05) is 38.0 Å². The summed E-state index contributed by atoms with van der Waals surface area (Å²) < 4.78 is 0. The second kappa shape index (κ2) is 6.93. The van der Waals surface area contributed by atoms with E-state index in [9.17, 15) is 4.79 Å². The highest BCUT2D eigenvalue weighted by Gasteiger charge is 1.84. The summed E-state index contributed by atoms with van der Waals surface area (Å²) in [6.45, 7) is 4.00. The van der Waals surface area contributed by atoms with Gasteiger partial charge in [0.1, 0.15) is 0 Å². The van der Waals surface area contributed by atoms with Crippen molar-refractivity contribution in [3.05, 3.63) is 35.9 Å². The van der Waals surface area contributed by atoms with Crippen LogP contribution >= 0.6 is 0 Å². The van der Waals surface area contributed by atoms with Gasteiger partial charge in [0.25, 0.3) is 0 Å². The van der Waals surface area contributed by atoms with E-state index in [1.807, 2.05) is 38.0 Å². The summed E-state index contributed by atoms with van der Waals surface area (Å²) in [6, 6.07) is 9.00. The second-order valence-electron chi connectivity index (χ2n) is 1.92. The molecule has 0 aliphatic carbocycles. The van der Waals surface area contributed by atoms with E-state index < -0.39 is 5.97 Å². The lowest BCUT2D eigenvalue weighted by atomic mass is 10.2. The van der Waals surface area contributed by atoms with Crippen molar-refractivity contribution in [3.8, 4) is 11.8 Å². The Labute approximate surface area is 78.2 Å². The molecular formula is C11H12O2. The topological polar surface area (TPSA) is 37.3 Å². The first-order valence-corrected chi connectivity index (χ1v) is 4.09. The van der Waals surface area contributed by atoms with Gasteiger partial charge in [0.15, 0.2) is 0 Å². The molecule has 1 aromatic carbocycles. The van der Waals surface area contributed by atoms with Crippen LogP contribution in [0.15, 0.2) is 30.3 Å². The largest absolute Gasteiger partial charge is 0.472 e. The van der Waals surface area contributed by atoms with E-state index in [-0.39, 0.29) is 0 Å². The van der Waals surface area contributed by atoms with Crippen LogP contribution in [0.25, 0.3) is 0 Å². The van der Waals surface area contributed by atoms with E-state index in [4.69, 9.17) is 5.11 Å². The molecule has 1 N–H and O–H groups in total. The molecule has 13 heavy (non-hydrogen) atoms. The summed E-state index contributed by atoms with van der Waals surface area (Å²) in [4.78, 5) is 10.00. The van der Waals surface area contributed by atoms with Crippen LogP contribution in [-0.4, -0.2) is 11.1 Å². The molecule has 0 unspecified atom stereocenters. The van der Waals surface area contributed by atoms with Crippen molar-refractivity contribution in [3.63, 3.8) is 0 Å². The van der Waals surface area contributed by atoms with Crippen LogP contribution in [0.4, 0.5) is 0 Å². The first-order chi connectivity index (χ1) is 6.29. The van der Waals surface area contributed by atoms with Crippen LogP contribution in [0, 0.1) is 11.8 Å². The fourth-order valence-corrected chi connectivity index (χ4v) is 0.647. The zero-order valence-corrected chi connectivity index (χ0v) is 7.74. The standard InChI is InChI=1S/C9H6O2.C2H6/c10-9(11)7-6-8-4-2-1-3-5-8;1-2/h1-5H,(H,10,11);1-2H3. The third-order valence-corrected chi connectivity index (χ3v) is 1.09. The van der Waals surface area contributed by atoms with Gasteiger partial charge in [-0.05, 0) is 12.1 Å². The maximum absolute atomic E-state index is 10.00. The van der Waals surface area contributed by atoms with Crippen LogP contribution in [0.1, 0.15) is 19.4 Å². The highest BCUT2D eigenvalue weighted by Crippen LogP contribution is 1.93. The summed E-state index contributed by atoms with van der Waals surface area (Å²) in [6.07, 6.45) is 0. The van der Waals surface area contributed by atoms with Gasteiger partial charge in [-0.3, -0.25) is 0 Å². The van der Waals surface area contributed by atoms with E-state index >= 15 is 0 Å². The fraction of sp³-hybridized carbons (Fsp3) is 0.182. The normalized spacial score (nSPS) is 7.23. The molecule has 0 amide bonds. The summed E-state index contributed by atoms with van der Waals surface area (Å²) in [5, 5.41) is 8.20. The van der Waals surface area contributed by atoms with Gasteiger partial charge >= 0.3 is 5.97 Å². The molecule has 0 saturated heterocycles. The Hall–Kier alpha value is -1.75. The van der Waals surface area contributed by atoms with Crippen LogP contribution in [0.2, 0.25) is 0 Å². The average Bonchev–Trinajstić information content (AvgIpc) is 2.19. The van der Waals surface area contributed by atoms with Crippen molar-refractivity contribution < 1.29 is 9.90 Å². The molecule has 0 atom stereocenters. The Balaban J connectivity index is 0.000000671. The second-order valence-corrected chi connectivity index (χ2v) is 1.92. The summed E-state index contributed by atoms with van der Waals surface area (Å²) in [7, 11) is 0. The zero-order chi connectivity index (χ0) is 10.1. The predicted octanol–water partition coefficient (Wildman–Crippen LogP) is 2.15. The van der Waals surface area contributed by atoms with E-state index in [1.54, 1.807) is 12.1 Å². The van der Waals surface area contributed by atoms with E-state index in [2.05, 4.69) is 5.92 Å². The third-order valence-electron chi connectivity index (χ3n) is 1.09. The Kier molecular flexibility index (Phi) is 6.00. The minimum Gasteiger partial charge on any atom is -0.472 e. The number of carbonyl (C=O) groups is 1. The number of aliphatic carboxylic acids is 1. The number of hydrogen-bond acceptors (Lipinski definition) is 1. The molecule has 0 saturated carbocycles. The van der Waals surface area contributed by atoms with Gasteiger partial charge in [-0.25, -0.2) is 4.79 Å². The molecule has 0 spiro atoms. The van der Waals surface area contributed by atoms with Crippen molar-refractivity contribution in [2.45, 2.75) is 13.8 Å². The van der Waals surface area contributed by atoms with Gasteiger partial charge in [0.2, 0.25) is 0 Å². The van der Waals surface area contributed by atoms with Gasteiger partial charge in [0, 0.05) is 11.5 Å². The number of benzene rings is 1. The van der Waals surface area contributed by atoms with Crippen molar-refractivity contribution in [1.29, 1.82) is 0 Å². The van der Waals surface area contributed by atoms with Gasteiger partial charge in [-0.2, -0.15) is 0 Å². The number of rotatable bonds is 0. The van der Waals surface area contributed by atoms with Crippen molar-refractivity contribution in [1.82, 2.24) is 0 Å². The maximum Gasteiger partial charge on any atom is 0.382 e. The minimum absolute atomic E-state index is 0.718. The molecule has 1 rings (SSSR count). The van der Waals surface area contributed by atoms with Gasteiger partial charge in [0.05, 0.1) is 0 Å². The first kappa shape index (κ1) is 11.2. The fourth-order valence-electron chi connectivity index (χ4n) is 0.647. The third kappa shape index (κ3) is 5.51. The Morgan fingerprint density at radius 3 is 2.23 bits per heavy atom. The molecule has 0 bridgehead atoms.